The van der Waals surface area contributed by atoms with Gasteiger partial charge in [0.2, 0.25) is 10.0 Å². The number of halogens is 3. The first-order valence-corrected chi connectivity index (χ1v) is 10.5. The zero-order valence-electron chi connectivity index (χ0n) is 15.9. The summed E-state index contributed by atoms with van der Waals surface area (Å²) < 4.78 is 67.4. The topological polar surface area (TPSA) is 95.2 Å². The molecule has 158 valence electrons. The van der Waals surface area contributed by atoms with E-state index in [1.165, 1.54) is 17.0 Å². The van der Waals surface area contributed by atoms with Crippen molar-refractivity contribution < 1.29 is 26.4 Å². The molecule has 29 heavy (non-hydrogen) atoms. The van der Waals surface area contributed by atoms with Crippen molar-refractivity contribution in [2.75, 3.05) is 13.1 Å². The summed E-state index contributed by atoms with van der Waals surface area (Å²) in [5, 5.41) is 6.51. The normalized spacial score (nSPS) is 16.2. The average molecular weight is 430 g/mol. The van der Waals surface area contributed by atoms with Gasteiger partial charge in [0.25, 0.3) is 5.91 Å². The quantitative estimate of drug-likeness (QED) is 0.780. The van der Waals surface area contributed by atoms with E-state index >= 15 is 0 Å². The van der Waals surface area contributed by atoms with Crippen LogP contribution in [0.3, 0.4) is 0 Å². The van der Waals surface area contributed by atoms with Crippen LogP contribution in [0.5, 0.6) is 0 Å². The van der Waals surface area contributed by atoms with Gasteiger partial charge in [-0.3, -0.25) is 9.89 Å². The Morgan fingerprint density at radius 3 is 2.38 bits per heavy atom. The summed E-state index contributed by atoms with van der Waals surface area (Å²) in [6, 6.07) is 4.24. The predicted molar refractivity (Wildman–Crippen MR) is 98.8 cm³/mol. The van der Waals surface area contributed by atoms with Crippen LogP contribution in [0.1, 0.15) is 40.2 Å². The lowest BCUT2D eigenvalue weighted by atomic mass is 10.0. The number of aromatic amines is 1. The van der Waals surface area contributed by atoms with Crippen LogP contribution in [0.25, 0.3) is 0 Å². The number of carbonyl (C=O) groups excluding carboxylic acids is 1. The molecule has 0 aliphatic carbocycles. The number of benzene rings is 1. The van der Waals surface area contributed by atoms with Gasteiger partial charge in [0.15, 0.2) is 0 Å². The van der Waals surface area contributed by atoms with E-state index in [1.807, 2.05) is 0 Å². The third-order valence-electron chi connectivity index (χ3n) is 4.90. The number of alkyl halides is 3. The molecule has 2 heterocycles. The van der Waals surface area contributed by atoms with Crippen molar-refractivity contribution in [3.63, 3.8) is 0 Å². The summed E-state index contributed by atoms with van der Waals surface area (Å²) in [6.07, 6.45) is -4.02. The number of sulfonamides is 1. The van der Waals surface area contributed by atoms with Crippen LogP contribution in [0, 0.1) is 13.8 Å². The van der Waals surface area contributed by atoms with Crippen LogP contribution < -0.4 is 4.72 Å². The summed E-state index contributed by atoms with van der Waals surface area (Å²) in [5.41, 5.74) is -0.597. The monoisotopic (exact) mass is 430 g/mol. The first-order valence-electron chi connectivity index (χ1n) is 9.00. The van der Waals surface area contributed by atoms with Gasteiger partial charge in [-0.15, -0.1) is 0 Å². The van der Waals surface area contributed by atoms with E-state index in [0.29, 0.717) is 24.2 Å². The Hall–Kier alpha value is -2.40. The minimum Gasteiger partial charge on any atom is -0.339 e. The van der Waals surface area contributed by atoms with Crippen LogP contribution in [-0.4, -0.2) is 48.6 Å². The number of hydrogen-bond donors (Lipinski definition) is 2. The summed E-state index contributed by atoms with van der Waals surface area (Å²) in [7, 11) is -3.79. The van der Waals surface area contributed by atoms with Gasteiger partial charge in [-0.1, -0.05) is 12.1 Å². The molecule has 0 spiro atoms. The van der Waals surface area contributed by atoms with Crippen LogP contribution in [0.15, 0.2) is 29.2 Å². The molecule has 1 aliphatic heterocycles. The van der Waals surface area contributed by atoms with Gasteiger partial charge < -0.3 is 4.90 Å². The molecule has 1 aromatic carbocycles. The number of amides is 1. The number of likely N-dealkylation sites (tertiary alicyclic amines) is 1. The second-order valence-electron chi connectivity index (χ2n) is 6.99. The Morgan fingerprint density at radius 2 is 1.83 bits per heavy atom. The number of aromatic nitrogens is 2. The number of piperidine rings is 1. The summed E-state index contributed by atoms with van der Waals surface area (Å²) in [5.74, 6) is -0.708. The largest absolute Gasteiger partial charge is 0.417 e. The van der Waals surface area contributed by atoms with Gasteiger partial charge in [0.05, 0.1) is 22.5 Å². The van der Waals surface area contributed by atoms with Crippen LogP contribution in [-0.2, 0) is 16.2 Å². The Bertz CT molecular complexity index is 990. The number of rotatable bonds is 4. The molecular weight excluding hydrogens is 409 g/mol. The van der Waals surface area contributed by atoms with E-state index in [2.05, 4.69) is 14.9 Å². The average Bonchev–Trinajstić information content (AvgIpc) is 3.00. The van der Waals surface area contributed by atoms with Crippen molar-refractivity contribution in [3.05, 3.63) is 46.8 Å². The number of nitrogens with one attached hydrogen (secondary N) is 2. The third kappa shape index (κ3) is 4.45. The highest BCUT2D eigenvalue weighted by Gasteiger charge is 2.37. The van der Waals surface area contributed by atoms with Crippen molar-refractivity contribution in [1.82, 2.24) is 19.8 Å². The molecule has 0 unspecified atom stereocenters. The molecule has 1 amide bonds. The standard InChI is InChI=1S/C18H21F3N4O3S/c1-11-16(12(2)23-22-11)29(27,28)24-13-7-9-25(10-8-13)17(26)14-5-3-4-6-15(14)18(19,20)21/h3-6,13,24H,7-10H2,1-2H3,(H,22,23). The predicted octanol–water partition coefficient (Wildman–Crippen LogP) is 2.63. The molecule has 2 aromatic rings. The highest BCUT2D eigenvalue weighted by molar-refractivity contribution is 7.89. The fraction of sp³-hybridized carbons (Fsp3) is 0.444. The van der Waals surface area contributed by atoms with E-state index in [4.69, 9.17) is 0 Å². The molecule has 1 saturated heterocycles. The number of carbonyl (C=O) groups is 1. The van der Waals surface area contributed by atoms with Crippen LogP contribution >= 0.6 is 0 Å². The molecule has 7 nitrogen and oxygen atoms in total. The Labute approximate surface area is 166 Å². The fourth-order valence-electron chi connectivity index (χ4n) is 3.50. The molecule has 0 atom stereocenters. The Morgan fingerprint density at radius 1 is 1.21 bits per heavy atom. The van der Waals surface area contributed by atoms with Crippen molar-refractivity contribution in [2.45, 2.75) is 43.8 Å². The molecule has 0 bridgehead atoms. The van der Waals surface area contributed by atoms with Gasteiger partial charge in [-0.25, -0.2) is 13.1 Å². The highest BCUT2D eigenvalue weighted by atomic mass is 32.2. The minimum atomic E-state index is -4.62. The number of aryl methyl sites for hydroxylation is 2. The minimum absolute atomic E-state index is 0.0927. The van der Waals surface area contributed by atoms with E-state index in [9.17, 15) is 26.4 Å². The fourth-order valence-corrected chi connectivity index (χ4v) is 5.18. The van der Waals surface area contributed by atoms with Gasteiger partial charge in [0.1, 0.15) is 4.90 Å². The van der Waals surface area contributed by atoms with Crippen molar-refractivity contribution >= 4 is 15.9 Å². The molecule has 1 aliphatic rings. The Balaban J connectivity index is 1.68. The summed E-state index contributed by atoms with van der Waals surface area (Å²) in [4.78, 5) is 14.0. The van der Waals surface area contributed by atoms with Gasteiger partial charge in [0, 0.05) is 19.1 Å². The zero-order valence-corrected chi connectivity index (χ0v) is 16.7. The van der Waals surface area contributed by atoms with E-state index in [1.54, 1.807) is 13.8 Å². The first kappa shape index (κ1) is 21.3. The van der Waals surface area contributed by atoms with E-state index in [0.717, 1.165) is 12.1 Å². The van der Waals surface area contributed by atoms with Crippen molar-refractivity contribution in [3.8, 4) is 0 Å². The van der Waals surface area contributed by atoms with Crippen molar-refractivity contribution in [2.24, 2.45) is 0 Å². The van der Waals surface area contributed by atoms with E-state index < -0.39 is 39.3 Å². The smallest absolute Gasteiger partial charge is 0.339 e. The second kappa shape index (κ2) is 7.79. The molecule has 2 N–H and O–H groups in total. The lowest BCUT2D eigenvalue weighted by Gasteiger charge is -2.32. The lowest BCUT2D eigenvalue weighted by molar-refractivity contribution is -0.138. The first-order chi connectivity index (χ1) is 13.5. The van der Waals surface area contributed by atoms with Crippen LogP contribution in [0.2, 0.25) is 0 Å². The molecule has 1 fully saturated rings. The summed E-state index contributed by atoms with van der Waals surface area (Å²) in [6.45, 7) is 3.49. The third-order valence-corrected chi connectivity index (χ3v) is 6.68. The molecule has 1 aromatic heterocycles. The highest BCUT2D eigenvalue weighted by Crippen LogP contribution is 2.32. The molecule has 3 rings (SSSR count). The molecule has 11 heteroatoms. The Kier molecular flexibility index (Phi) is 5.72. The second-order valence-corrected chi connectivity index (χ2v) is 8.65. The summed E-state index contributed by atoms with van der Waals surface area (Å²) >= 11 is 0. The number of hydrogen-bond acceptors (Lipinski definition) is 4. The molecule has 0 saturated carbocycles. The maximum Gasteiger partial charge on any atom is 0.417 e. The molecule has 0 radical (unpaired) electrons. The van der Waals surface area contributed by atoms with Gasteiger partial charge in [-0.05, 0) is 38.8 Å². The maximum absolute atomic E-state index is 13.2. The zero-order chi connectivity index (χ0) is 21.4. The maximum atomic E-state index is 13.2. The number of nitrogens with zero attached hydrogens (tertiary/aromatic N) is 2. The number of H-pyrrole nitrogens is 1. The SMILES string of the molecule is Cc1n[nH]c(C)c1S(=O)(=O)NC1CCN(C(=O)c2ccccc2C(F)(F)F)CC1. The van der Waals surface area contributed by atoms with Crippen molar-refractivity contribution in [1.29, 1.82) is 0 Å². The van der Waals surface area contributed by atoms with Gasteiger partial charge in [-0.2, -0.15) is 18.3 Å². The molecular formula is C18H21F3N4O3S. The van der Waals surface area contributed by atoms with Gasteiger partial charge >= 0.3 is 6.18 Å². The van der Waals surface area contributed by atoms with Crippen LogP contribution in [0.4, 0.5) is 13.2 Å². The van der Waals surface area contributed by atoms with E-state index in [-0.39, 0.29) is 18.0 Å². The lowest BCUT2D eigenvalue weighted by Crippen LogP contribution is -2.46.